The summed E-state index contributed by atoms with van der Waals surface area (Å²) in [6.45, 7) is 3.71. The molecule has 8 heteroatoms. The molecule has 2 aromatic carbocycles. The highest BCUT2D eigenvalue weighted by atomic mass is 32.2. The summed E-state index contributed by atoms with van der Waals surface area (Å²) in [5.41, 5.74) is 8.44. The quantitative estimate of drug-likeness (QED) is 0.285. The molecular weight excluding hydrogens is 430 g/mol. The van der Waals surface area contributed by atoms with Crippen molar-refractivity contribution >= 4 is 34.4 Å². The number of fused-ring (bicyclic) bond motifs is 1. The Morgan fingerprint density at radius 3 is 2.66 bits per heavy atom. The molecule has 0 aliphatic carbocycles. The number of rotatable bonds is 5. The first-order chi connectivity index (χ1) is 15.5. The van der Waals surface area contributed by atoms with Crippen molar-refractivity contribution in [3.05, 3.63) is 71.6 Å². The highest BCUT2D eigenvalue weighted by molar-refractivity contribution is 7.97. The van der Waals surface area contributed by atoms with Crippen LogP contribution in [0.5, 0.6) is 0 Å². The van der Waals surface area contributed by atoms with Crippen molar-refractivity contribution in [3.8, 4) is 23.2 Å². The molecule has 32 heavy (non-hydrogen) atoms. The Morgan fingerprint density at radius 2 is 1.94 bits per heavy atom. The molecule has 0 radical (unpaired) electrons. The summed E-state index contributed by atoms with van der Waals surface area (Å²) in [5, 5.41) is 3.41. The van der Waals surface area contributed by atoms with Crippen LogP contribution in [0, 0.1) is 30.5 Å². The number of furan rings is 1. The van der Waals surface area contributed by atoms with Gasteiger partial charge in [0, 0.05) is 23.0 Å². The Hall–Kier alpha value is -3.57. The molecule has 2 aromatic heterocycles. The lowest BCUT2D eigenvalue weighted by Crippen LogP contribution is -2.01. The van der Waals surface area contributed by atoms with E-state index in [1.54, 1.807) is 18.7 Å². The largest absolute Gasteiger partial charge is 0.464 e. The Morgan fingerprint density at radius 1 is 1.16 bits per heavy atom. The third-order valence-electron chi connectivity index (χ3n) is 4.41. The van der Waals surface area contributed by atoms with Crippen LogP contribution in [0.1, 0.15) is 18.1 Å². The Bertz CT molecular complexity index is 1290. The maximum absolute atomic E-state index is 14.5. The van der Waals surface area contributed by atoms with E-state index in [2.05, 4.69) is 39.0 Å². The van der Waals surface area contributed by atoms with E-state index < -0.39 is 11.6 Å². The topological polar surface area (TPSA) is 77.0 Å². The molecule has 2 heterocycles. The van der Waals surface area contributed by atoms with Crippen molar-refractivity contribution in [2.45, 2.75) is 19.6 Å². The molecule has 3 N–H and O–H groups in total. The maximum Gasteiger partial charge on any atom is 0.227 e. The number of nitrogens with two attached hydrogens (primary N) is 1. The standard InChI is InChI=1S/C21H17F2N3OS.C3H5N/c1-12-7-13(11-28-2)9-14(8-12)25-21-24-10-18(23)19(26-21)16-3-4-17(22)15-5-6-27-20(15)16;1-2-3-4/h3-10H,11H2,1-2H3,(H,24,25,26);4H2,1H3. The van der Waals surface area contributed by atoms with Crippen LogP contribution in [0.25, 0.3) is 22.2 Å². The average molecular weight is 453 g/mol. The van der Waals surface area contributed by atoms with Gasteiger partial charge < -0.3 is 15.5 Å². The molecule has 0 unspecified atom stereocenters. The van der Waals surface area contributed by atoms with Crippen LogP contribution in [0.4, 0.5) is 20.4 Å². The number of nitrogens with one attached hydrogen (secondary N) is 1. The van der Waals surface area contributed by atoms with Gasteiger partial charge in [-0.2, -0.15) is 11.8 Å². The summed E-state index contributed by atoms with van der Waals surface area (Å²) in [6, 6.07) is 12.5. The Balaban J connectivity index is 0.000000668. The van der Waals surface area contributed by atoms with Crippen LogP contribution < -0.4 is 11.1 Å². The zero-order valence-corrected chi connectivity index (χ0v) is 18.7. The van der Waals surface area contributed by atoms with E-state index in [9.17, 15) is 8.78 Å². The predicted octanol–water partition coefficient (Wildman–Crippen LogP) is 6.01. The average Bonchev–Trinajstić information content (AvgIpc) is 3.27. The van der Waals surface area contributed by atoms with E-state index in [-0.39, 0.29) is 22.6 Å². The molecule has 0 bridgehead atoms. The zero-order valence-electron chi connectivity index (χ0n) is 17.9. The number of thioether (sulfide) groups is 1. The van der Waals surface area contributed by atoms with Crippen molar-refractivity contribution in [3.63, 3.8) is 0 Å². The van der Waals surface area contributed by atoms with Gasteiger partial charge in [-0.1, -0.05) is 12.0 Å². The fourth-order valence-electron chi connectivity index (χ4n) is 3.14. The number of halogens is 2. The van der Waals surface area contributed by atoms with Gasteiger partial charge in [0.2, 0.25) is 5.95 Å². The zero-order chi connectivity index (χ0) is 23.1. The molecule has 5 nitrogen and oxygen atoms in total. The highest BCUT2D eigenvalue weighted by Crippen LogP contribution is 2.32. The maximum atomic E-state index is 14.5. The molecule has 0 fully saturated rings. The van der Waals surface area contributed by atoms with E-state index in [1.807, 2.05) is 25.3 Å². The van der Waals surface area contributed by atoms with Gasteiger partial charge in [0.1, 0.15) is 17.1 Å². The van der Waals surface area contributed by atoms with Gasteiger partial charge in [0.05, 0.1) is 17.8 Å². The number of aromatic nitrogens is 2. The van der Waals surface area contributed by atoms with Crippen LogP contribution in [-0.2, 0) is 5.75 Å². The first-order valence-electron chi connectivity index (χ1n) is 9.64. The van der Waals surface area contributed by atoms with Crippen molar-refractivity contribution in [2.75, 3.05) is 11.6 Å². The molecule has 0 aliphatic heterocycles. The lowest BCUT2D eigenvalue weighted by molar-refractivity contribution is 0.605. The molecule has 0 atom stereocenters. The van der Waals surface area contributed by atoms with E-state index in [0.29, 0.717) is 5.56 Å². The second kappa shape index (κ2) is 10.6. The minimum atomic E-state index is -0.609. The van der Waals surface area contributed by atoms with Crippen LogP contribution in [0.15, 0.2) is 53.3 Å². The summed E-state index contributed by atoms with van der Waals surface area (Å²) in [7, 11) is 0. The van der Waals surface area contributed by atoms with Gasteiger partial charge in [-0.3, -0.25) is 0 Å². The van der Waals surface area contributed by atoms with Gasteiger partial charge in [-0.15, -0.1) is 0 Å². The molecule has 0 spiro atoms. The summed E-state index contributed by atoms with van der Waals surface area (Å²) >= 11 is 1.73. The number of hydrogen-bond donors (Lipinski definition) is 2. The van der Waals surface area contributed by atoms with E-state index in [1.165, 1.54) is 30.0 Å². The van der Waals surface area contributed by atoms with Gasteiger partial charge in [0.25, 0.3) is 0 Å². The van der Waals surface area contributed by atoms with Crippen LogP contribution in [-0.4, -0.2) is 16.2 Å². The summed E-state index contributed by atoms with van der Waals surface area (Å²) in [6.07, 6.45) is 4.51. The van der Waals surface area contributed by atoms with Crippen molar-refractivity contribution in [1.29, 1.82) is 0 Å². The summed E-state index contributed by atoms with van der Waals surface area (Å²) in [5.74, 6) is 2.56. The molecule has 4 rings (SSSR count). The molecular formula is C24H22F2N4OS. The van der Waals surface area contributed by atoms with Gasteiger partial charge in [-0.25, -0.2) is 18.7 Å². The fourth-order valence-corrected chi connectivity index (χ4v) is 3.64. The molecule has 0 saturated carbocycles. The monoisotopic (exact) mass is 452 g/mol. The molecule has 4 aromatic rings. The number of benzene rings is 2. The van der Waals surface area contributed by atoms with Crippen LogP contribution in [0.3, 0.4) is 0 Å². The van der Waals surface area contributed by atoms with E-state index >= 15 is 0 Å². The number of nitrogens with zero attached hydrogens (tertiary/aromatic N) is 2. The summed E-state index contributed by atoms with van der Waals surface area (Å²) < 4.78 is 33.8. The van der Waals surface area contributed by atoms with Gasteiger partial charge in [0.15, 0.2) is 5.82 Å². The highest BCUT2D eigenvalue weighted by Gasteiger charge is 2.17. The van der Waals surface area contributed by atoms with E-state index in [0.717, 1.165) is 23.2 Å². The Labute approximate surface area is 189 Å². The number of anilines is 2. The summed E-state index contributed by atoms with van der Waals surface area (Å²) in [4.78, 5) is 8.36. The van der Waals surface area contributed by atoms with Crippen LogP contribution >= 0.6 is 11.8 Å². The van der Waals surface area contributed by atoms with Gasteiger partial charge in [-0.05, 0) is 61.6 Å². The third kappa shape index (κ3) is 5.37. The second-order valence-corrected chi connectivity index (χ2v) is 7.67. The van der Waals surface area contributed by atoms with Gasteiger partial charge >= 0.3 is 0 Å². The van der Waals surface area contributed by atoms with Crippen molar-refractivity contribution < 1.29 is 13.2 Å². The predicted molar refractivity (Wildman–Crippen MR) is 126 cm³/mol. The molecule has 0 saturated heterocycles. The minimum absolute atomic E-state index is 0.0504. The van der Waals surface area contributed by atoms with Crippen molar-refractivity contribution in [1.82, 2.24) is 9.97 Å². The Kier molecular flexibility index (Phi) is 7.68. The minimum Gasteiger partial charge on any atom is -0.464 e. The first-order valence-corrected chi connectivity index (χ1v) is 11.0. The number of hydrogen-bond acceptors (Lipinski definition) is 6. The first kappa shape index (κ1) is 23.1. The molecule has 164 valence electrons. The SMILES string of the molecule is CC#CN.CSCc1cc(C)cc(Nc2ncc(F)c(-c3ccc(F)c4ccoc34)n2)c1. The second-order valence-electron chi connectivity index (χ2n) is 6.81. The number of aryl methyl sites for hydroxylation is 1. The van der Waals surface area contributed by atoms with Crippen molar-refractivity contribution in [2.24, 2.45) is 5.73 Å². The van der Waals surface area contributed by atoms with E-state index in [4.69, 9.17) is 4.42 Å². The third-order valence-corrected chi connectivity index (χ3v) is 5.03. The molecule has 0 amide bonds. The smallest absolute Gasteiger partial charge is 0.227 e. The normalized spacial score (nSPS) is 10.2. The lowest BCUT2D eigenvalue weighted by Gasteiger charge is -2.10. The fraction of sp³-hybridized carbons (Fsp3) is 0.167. The lowest BCUT2D eigenvalue weighted by atomic mass is 10.1. The van der Waals surface area contributed by atoms with Crippen LogP contribution in [0.2, 0.25) is 0 Å². The molecule has 0 aliphatic rings.